The molecule has 0 saturated carbocycles. The van der Waals surface area contributed by atoms with Crippen LogP contribution in [0, 0.1) is 0 Å². The van der Waals surface area contributed by atoms with Crippen molar-refractivity contribution in [3.63, 3.8) is 0 Å². The summed E-state index contributed by atoms with van der Waals surface area (Å²) in [6, 6.07) is 3.42. The lowest BCUT2D eigenvalue weighted by Gasteiger charge is -2.20. The van der Waals surface area contributed by atoms with Crippen molar-refractivity contribution in [1.29, 1.82) is 0 Å². The number of carbonyl (C=O) groups is 2. The SMILES string of the molecule is CC(=O)CC1(O)C(=O)Nc2cc(Br)cc(Br)c21. The molecule has 17 heavy (non-hydrogen) atoms. The number of carbonyl (C=O) groups excluding carboxylic acids is 2. The lowest BCUT2D eigenvalue weighted by atomic mass is 9.90. The summed E-state index contributed by atoms with van der Waals surface area (Å²) in [6.45, 7) is 1.34. The number of aliphatic hydroxyl groups is 1. The van der Waals surface area contributed by atoms with E-state index < -0.39 is 11.5 Å². The Balaban J connectivity index is 2.61. The first-order chi connectivity index (χ1) is 7.84. The highest BCUT2D eigenvalue weighted by Gasteiger charge is 2.47. The third kappa shape index (κ3) is 2.05. The zero-order valence-corrected chi connectivity index (χ0v) is 12.1. The van der Waals surface area contributed by atoms with E-state index in [-0.39, 0.29) is 12.2 Å². The van der Waals surface area contributed by atoms with Gasteiger partial charge in [-0.2, -0.15) is 0 Å². The Bertz CT molecular complexity index is 530. The average molecular weight is 363 g/mol. The van der Waals surface area contributed by atoms with Crippen LogP contribution in [0.5, 0.6) is 0 Å². The molecule has 2 rings (SSSR count). The Morgan fingerprint density at radius 2 is 2.12 bits per heavy atom. The maximum Gasteiger partial charge on any atom is 0.261 e. The maximum atomic E-state index is 11.8. The number of hydrogen-bond donors (Lipinski definition) is 2. The maximum absolute atomic E-state index is 11.8. The summed E-state index contributed by atoms with van der Waals surface area (Å²) in [4.78, 5) is 23.0. The number of fused-ring (bicyclic) bond motifs is 1. The van der Waals surface area contributed by atoms with Crippen molar-refractivity contribution in [1.82, 2.24) is 0 Å². The largest absolute Gasteiger partial charge is 0.375 e. The van der Waals surface area contributed by atoms with Gasteiger partial charge in [-0.25, -0.2) is 0 Å². The lowest BCUT2D eigenvalue weighted by molar-refractivity contribution is -0.139. The van der Waals surface area contributed by atoms with Crippen LogP contribution in [0.15, 0.2) is 21.1 Å². The number of anilines is 1. The summed E-state index contributed by atoms with van der Waals surface area (Å²) in [6.07, 6.45) is -0.230. The van der Waals surface area contributed by atoms with Gasteiger partial charge in [-0.1, -0.05) is 31.9 Å². The van der Waals surface area contributed by atoms with Crippen LogP contribution in [0.3, 0.4) is 0 Å². The topological polar surface area (TPSA) is 66.4 Å². The van der Waals surface area contributed by atoms with Crippen molar-refractivity contribution in [3.8, 4) is 0 Å². The molecule has 0 fully saturated rings. The first-order valence-electron chi connectivity index (χ1n) is 4.87. The zero-order chi connectivity index (χ0) is 12.8. The minimum atomic E-state index is -1.78. The van der Waals surface area contributed by atoms with Crippen LogP contribution >= 0.6 is 31.9 Å². The van der Waals surface area contributed by atoms with Gasteiger partial charge in [0, 0.05) is 26.6 Å². The molecule has 90 valence electrons. The number of ketones is 1. The van der Waals surface area contributed by atoms with Gasteiger partial charge in [-0.3, -0.25) is 9.59 Å². The molecule has 1 amide bonds. The van der Waals surface area contributed by atoms with Crippen molar-refractivity contribution >= 4 is 49.2 Å². The first-order valence-corrected chi connectivity index (χ1v) is 6.46. The lowest BCUT2D eigenvalue weighted by Crippen LogP contribution is -2.36. The Labute approximate surface area is 115 Å². The quantitative estimate of drug-likeness (QED) is 0.848. The van der Waals surface area contributed by atoms with E-state index in [1.54, 1.807) is 12.1 Å². The molecule has 0 spiro atoms. The zero-order valence-electron chi connectivity index (χ0n) is 8.88. The van der Waals surface area contributed by atoms with Gasteiger partial charge in [0.1, 0.15) is 5.78 Å². The van der Waals surface area contributed by atoms with Gasteiger partial charge in [-0.15, -0.1) is 0 Å². The number of rotatable bonds is 2. The number of Topliss-reactive ketones (excluding diaryl/α,β-unsaturated/α-hetero) is 1. The highest BCUT2D eigenvalue weighted by Crippen LogP contribution is 2.44. The smallest absolute Gasteiger partial charge is 0.261 e. The molecule has 1 aromatic rings. The molecule has 0 saturated heterocycles. The van der Waals surface area contributed by atoms with Gasteiger partial charge in [0.15, 0.2) is 5.60 Å². The van der Waals surface area contributed by atoms with Crippen LogP contribution in [0.4, 0.5) is 5.69 Å². The fourth-order valence-electron chi connectivity index (χ4n) is 1.96. The second kappa shape index (κ2) is 4.19. The predicted octanol–water partition coefficient (Wildman–Crippen LogP) is 2.33. The molecule has 4 nitrogen and oxygen atoms in total. The van der Waals surface area contributed by atoms with Crippen LogP contribution in [0.2, 0.25) is 0 Å². The van der Waals surface area contributed by atoms with E-state index in [0.29, 0.717) is 15.7 Å². The number of halogens is 2. The summed E-state index contributed by atoms with van der Waals surface area (Å²) < 4.78 is 1.36. The summed E-state index contributed by atoms with van der Waals surface area (Å²) in [5.74, 6) is -0.813. The fraction of sp³-hybridized carbons (Fsp3) is 0.273. The fourth-order valence-corrected chi connectivity index (χ4v) is 3.51. The third-order valence-corrected chi connectivity index (χ3v) is 3.68. The normalized spacial score (nSPS) is 22.2. The highest BCUT2D eigenvalue weighted by atomic mass is 79.9. The van der Waals surface area contributed by atoms with Crippen molar-refractivity contribution in [2.45, 2.75) is 18.9 Å². The van der Waals surface area contributed by atoms with Gasteiger partial charge >= 0.3 is 0 Å². The molecule has 1 heterocycles. The van der Waals surface area contributed by atoms with E-state index in [2.05, 4.69) is 37.2 Å². The van der Waals surface area contributed by atoms with Crippen molar-refractivity contribution in [2.75, 3.05) is 5.32 Å². The highest BCUT2D eigenvalue weighted by molar-refractivity contribution is 9.11. The minimum Gasteiger partial charge on any atom is -0.375 e. The Morgan fingerprint density at radius 1 is 1.47 bits per heavy atom. The van der Waals surface area contributed by atoms with E-state index >= 15 is 0 Å². The summed E-state index contributed by atoms with van der Waals surface area (Å²) >= 11 is 6.59. The van der Waals surface area contributed by atoms with Gasteiger partial charge in [0.25, 0.3) is 5.91 Å². The second-order valence-electron chi connectivity index (χ2n) is 4.00. The van der Waals surface area contributed by atoms with E-state index in [9.17, 15) is 14.7 Å². The monoisotopic (exact) mass is 361 g/mol. The third-order valence-electron chi connectivity index (χ3n) is 2.60. The first kappa shape index (κ1) is 12.7. The number of nitrogens with one attached hydrogen (secondary N) is 1. The molecular weight excluding hydrogens is 354 g/mol. The van der Waals surface area contributed by atoms with E-state index in [4.69, 9.17) is 0 Å². The van der Waals surface area contributed by atoms with Crippen molar-refractivity contribution in [2.24, 2.45) is 0 Å². The summed E-state index contributed by atoms with van der Waals surface area (Å²) in [7, 11) is 0. The predicted molar refractivity (Wildman–Crippen MR) is 69.7 cm³/mol. The number of amides is 1. The van der Waals surface area contributed by atoms with Crippen molar-refractivity contribution in [3.05, 3.63) is 26.6 Å². The molecule has 2 N–H and O–H groups in total. The van der Waals surface area contributed by atoms with Crippen LogP contribution in [-0.4, -0.2) is 16.8 Å². The van der Waals surface area contributed by atoms with Crippen LogP contribution in [0.1, 0.15) is 18.9 Å². The summed E-state index contributed by atoms with van der Waals surface area (Å²) in [5.41, 5.74) is -0.846. The Kier molecular flexibility index (Phi) is 3.14. The Hall–Kier alpha value is -0.720. The molecule has 0 aromatic heterocycles. The molecule has 0 radical (unpaired) electrons. The van der Waals surface area contributed by atoms with Gasteiger partial charge in [-0.05, 0) is 19.1 Å². The van der Waals surface area contributed by atoms with Crippen LogP contribution < -0.4 is 5.32 Å². The van der Waals surface area contributed by atoms with Gasteiger partial charge in [0.2, 0.25) is 0 Å². The number of hydrogen-bond acceptors (Lipinski definition) is 3. The van der Waals surface area contributed by atoms with Crippen LogP contribution in [0.25, 0.3) is 0 Å². The van der Waals surface area contributed by atoms with E-state index in [0.717, 1.165) is 4.47 Å². The van der Waals surface area contributed by atoms with Crippen LogP contribution in [-0.2, 0) is 15.2 Å². The van der Waals surface area contributed by atoms with E-state index in [1.807, 2.05) is 0 Å². The van der Waals surface area contributed by atoms with E-state index in [1.165, 1.54) is 6.92 Å². The standard InChI is InChI=1S/C11H9Br2NO3/c1-5(15)4-11(17)9-7(13)2-6(12)3-8(9)14-10(11)16/h2-3,17H,4H2,1H3,(H,14,16). The Morgan fingerprint density at radius 3 is 2.71 bits per heavy atom. The molecule has 0 aliphatic carbocycles. The van der Waals surface area contributed by atoms with Gasteiger partial charge < -0.3 is 10.4 Å². The summed E-state index contributed by atoms with van der Waals surface area (Å²) in [5, 5.41) is 12.9. The van der Waals surface area contributed by atoms with Gasteiger partial charge in [0.05, 0.1) is 0 Å². The molecule has 1 aliphatic heterocycles. The second-order valence-corrected chi connectivity index (χ2v) is 5.77. The molecule has 0 bridgehead atoms. The molecule has 1 unspecified atom stereocenters. The molecule has 1 aromatic carbocycles. The molecule has 1 atom stereocenters. The number of benzene rings is 1. The van der Waals surface area contributed by atoms with Crippen molar-refractivity contribution < 1.29 is 14.7 Å². The molecule has 1 aliphatic rings. The average Bonchev–Trinajstić information content (AvgIpc) is 2.36. The molecule has 6 heteroatoms. The minimum absolute atomic E-state index is 0.230. The molecular formula is C11H9Br2NO3.